The van der Waals surface area contributed by atoms with Crippen LogP contribution >= 0.6 is 46.4 Å². The summed E-state index contributed by atoms with van der Waals surface area (Å²) in [6, 6.07) is 17.1. The molecule has 1 unspecified atom stereocenters. The second-order valence-electron chi connectivity index (χ2n) is 22.8. The summed E-state index contributed by atoms with van der Waals surface area (Å²) in [5.41, 5.74) is 5.46. The average Bonchev–Trinajstić information content (AvgIpc) is 1.66. The van der Waals surface area contributed by atoms with E-state index >= 15 is 0 Å². The number of carbonyl (C=O) groups is 4. The van der Waals surface area contributed by atoms with Crippen LogP contribution in [0.1, 0.15) is 95.7 Å². The molecule has 10 aromatic rings. The fourth-order valence-corrected chi connectivity index (χ4v) is 9.70. The maximum absolute atomic E-state index is 13.1. The zero-order chi connectivity index (χ0) is 86.8. The molecule has 34 nitrogen and oxygen atoms in total. The molecule has 0 aliphatic carbocycles. The number of nitrogen functional groups attached to an aromatic ring is 1. The number of ether oxygens (including phenoxy) is 1. The number of anilines is 1. The van der Waals surface area contributed by atoms with Crippen molar-refractivity contribution in [1.82, 2.24) is 68.1 Å². The molecule has 618 valence electrons. The average molecular weight is 1710 g/mol. The van der Waals surface area contributed by atoms with E-state index in [1.165, 1.54) is 131 Å². The van der Waals surface area contributed by atoms with Crippen molar-refractivity contribution in [3.8, 4) is 11.4 Å². The monoisotopic (exact) mass is 1710 g/mol. The van der Waals surface area contributed by atoms with Crippen LogP contribution in [0, 0.1) is 106 Å². The summed E-state index contributed by atoms with van der Waals surface area (Å²) in [4.78, 5) is 98.5. The van der Waals surface area contributed by atoms with Crippen LogP contribution in [-0.4, -0.2) is 134 Å². The van der Waals surface area contributed by atoms with E-state index in [0.717, 1.165) is 29.2 Å². The number of benzene rings is 3. The number of imidazole rings is 4. The zero-order valence-electron chi connectivity index (χ0n) is 60.4. The number of aryl methyl sites for hydroxylation is 1. The Morgan fingerprint density at radius 2 is 0.956 bits per heavy atom. The van der Waals surface area contributed by atoms with Gasteiger partial charge in [-0.05, 0) is 182 Å². The summed E-state index contributed by atoms with van der Waals surface area (Å²) >= 11 is 21.5. The van der Waals surface area contributed by atoms with Gasteiger partial charge >= 0.3 is 42.0 Å². The van der Waals surface area contributed by atoms with Gasteiger partial charge in [0.25, 0.3) is 12.3 Å². The number of aliphatic carboxylic acids is 2. The van der Waals surface area contributed by atoms with Crippen LogP contribution in [0.4, 0.5) is 75.8 Å². The summed E-state index contributed by atoms with van der Waals surface area (Å²) in [5, 5.41) is 63.3. The van der Waals surface area contributed by atoms with Gasteiger partial charge in [-0.3, -0.25) is 37.8 Å². The highest BCUT2D eigenvalue weighted by molar-refractivity contribution is 6.63. The van der Waals surface area contributed by atoms with E-state index in [1.807, 2.05) is 0 Å². The summed E-state index contributed by atoms with van der Waals surface area (Å²) < 4.78 is 162. The van der Waals surface area contributed by atoms with E-state index in [4.69, 9.17) is 71.9 Å². The number of alkyl halides is 9. The summed E-state index contributed by atoms with van der Waals surface area (Å²) in [7, 11) is 0. The number of aromatic nitrogens is 14. The van der Waals surface area contributed by atoms with Gasteiger partial charge in [-0.25, -0.2) is 38.2 Å². The Morgan fingerprint density at radius 1 is 0.570 bits per heavy atom. The van der Waals surface area contributed by atoms with Gasteiger partial charge in [0, 0.05) is 36.3 Å². The first-order valence-corrected chi connectivity index (χ1v) is 33.2. The maximum Gasteiger partial charge on any atom is 0.436 e. The third-order valence-corrected chi connectivity index (χ3v) is 16.0. The van der Waals surface area contributed by atoms with Gasteiger partial charge in [-0.2, -0.15) is 54.8 Å². The normalized spacial score (nSPS) is 12.0. The van der Waals surface area contributed by atoms with Crippen molar-refractivity contribution in [2.24, 2.45) is 0 Å². The number of hydrogen-bond donors (Lipinski definition) is 4. The standard InChI is InChI=1S/C18H15ClF4N4O.C10H8FN3O2.C7H5Cl2F3N2O.C7H6ClF3N2O2.C6H6FN.C6H12O.C4H4N4O4.C4H5N3O2.C2H4O2/c1-10-15(24-9-26(10)13-5-3-12(20)4-6-13)7-14(28)8-27-11(2)16(19)17(25-27)18(21,22)23;1-7-10(14(15)16)12-6-13(7)9-4-2-8(11)3-5-9;1-3-5(9)6(7(10,11)12)13-14(3)2-4(8)15;1-3-5(8)6(7(9,10)11)12-13(3)2-4(14)15;7-5-1-3-6(8)4-2-5;1-2-6-4-3-5-7-6;1-3-4(7(9)10)5-2-6(3)8(11)12;1-3-4(7(8)9)6-2-5-3;1-2(3)4/h3-6,9H,7-8H2,1-2H3;2-6H,1H3;2H2,1H3;2H2,1H3,(H,14,15);1-4H,8H2;6H,2-5H2,1H3;2H,1H3;2H,1H3,(H,5,6);1H3,(H,3,4). The van der Waals surface area contributed by atoms with Gasteiger partial charge in [0.1, 0.15) is 48.5 Å². The highest BCUT2D eigenvalue weighted by atomic mass is 35.5. The number of carbonyl (C=O) groups excluding carboxylic acids is 2. The van der Waals surface area contributed by atoms with Crippen molar-refractivity contribution < 1.29 is 107 Å². The molecule has 1 aliphatic rings. The van der Waals surface area contributed by atoms with Crippen molar-refractivity contribution in [2.45, 2.75) is 132 Å². The van der Waals surface area contributed by atoms with Crippen molar-refractivity contribution in [2.75, 3.05) is 12.3 Å². The summed E-state index contributed by atoms with van der Waals surface area (Å²) in [5.74, 6) is -4.18. The quantitative estimate of drug-likeness (QED) is 0.0243. The highest BCUT2D eigenvalue weighted by Crippen LogP contribution is 2.38. The Kier molecular flexibility index (Phi) is 36.5. The molecule has 1 saturated heterocycles. The van der Waals surface area contributed by atoms with E-state index in [9.17, 15) is 108 Å². The van der Waals surface area contributed by atoms with Gasteiger partial charge in [-0.1, -0.05) is 41.7 Å². The van der Waals surface area contributed by atoms with Crippen LogP contribution in [0.5, 0.6) is 0 Å². The molecule has 50 heteroatoms. The molecule has 1 atom stereocenters. The second kappa shape index (κ2) is 43.2. The smallest absolute Gasteiger partial charge is 0.436 e. The number of ketones is 1. The van der Waals surface area contributed by atoms with Crippen LogP contribution in [0.2, 0.25) is 15.1 Å². The predicted molar refractivity (Wildman–Crippen MR) is 381 cm³/mol. The molecule has 0 amide bonds. The largest absolute Gasteiger partial charge is 0.481 e. The summed E-state index contributed by atoms with van der Waals surface area (Å²) in [6.45, 7) is 12.9. The fraction of sp³-hybridized carbons (Fsp3) is 0.328. The Morgan fingerprint density at radius 3 is 1.25 bits per heavy atom. The SMILES string of the molecule is CC(=O)O.CCC1CCCO1.Cc1c(CC(=O)Cn2nc(C(F)(F)F)c(Cl)c2C)ncn1-c1ccc(F)cc1.Cc1c(Cl)c(C(F)(F)F)nn1CC(=O)Cl.Cc1c(Cl)c(C(F)(F)F)nn1CC(=O)O.Cc1c([N+](=O)[O-])ncn1-c1ccc(F)cc1.Cc1c([N+](=O)[O-])ncn1[N+](=O)[O-].Cc1nc[nH]c1[N+](=O)[O-].Nc1ccc(F)cc1. The van der Waals surface area contributed by atoms with E-state index in [0.29, 0.717) is 55.3 Å². The van der Waals surface area contributed by atoms with E-state index in [1.54, 1.807) is 37.5 Å². The number of nitro groups is 4. The van der Waals surface area contributed by atoms with Crippen LogP contribution in [0.3, 0.4) is 0 Å². The number of halogens is 16. The number of H-pyrrole nitrogens is 1. The topological polar surface area (TPSA) is 452 Å². The highest BCUT2D eigenvalue weighted by Gasteiger charge is 2.41. The van der Waals surface area contributed by atoms with Crippen LogP contribution in [0.25, 0.3) is 11.4 Å². The third-order valence-electron chi connectivity index (χ3n) is 14.6. The molecular formula is C64H65Cl4F12N19O15. The predicted octanol–water partition coefficient (Wildman–Crippen LogP) is 15.0. The molecular weight excluding hydrogens is 1640 g/mol. The zero-order valence-corrected chi connectivity index (χ0v) is 63.4. The number of carboxylic acids is 2. The Hall–Kier alpha value is -11.9. The number of carboxylic acid groups (broad SMARTS) is 2. The van der Waals surface area contributed by atoms with E-state index in [-0.39, 0.29) is 70.6 Å². The molecule has 0 spiro atoms. The van der Waals surface area contributed by atoms with Crippen molar-refractivity contribution >= 4 is 92.5 Å². The van der Waals surface area contributed by atoms with Gasteiger partial charge in [0.05, 0.1) is 56.7 Å². The lowest BCUT2D eigenvalue weighted by Gasteiger charge is -2.06. The van der Waals surface area contributed by atoms with E-state index < -0.39 is 107 Å². The second-order valence-corrected chi connectivity index (χ2v) is 24.3. The fourth-order valence-electron chi connectivity index (χ4n) is 8.86. The minimum Gasteiger partial charge on any atom is -0.481 e. The third kappa shape index (κ3) is 29.6. The van der Waals surface area contributed by atoms with Gasteiger partial charge in [-0.15, -0.1) is 0 Å². The lowest BCUT2D eigenvalue weighted by molar-refractivity contribution is -0.544. The molecule has 1 fully saturated rings. The van der Waals surface area contributed by atoms with Crippen molar-refractivity contribution in [1.29, 1.82) is 0 Å². The molecule has 114 heavy (non-hydrogen) atoms. The minimum absolute atomic E-state index is 0.0219. The lowest BCUT2D eigenvalue weighted by Crippen LogP contribution is -2.16. The maximum atomic E-state index is 13.1. The molecule has 1 aliphatic heterocycles. The van der Waals surface area contributed by atoms with Crippen molar-refractivity contribution in [3.63, 3.8) is 0 Å². The van der Waals surface area contributed by atoms with Gasteiger partial charge < -0.3 is 55.6 Å². The van der Waals surface area contributed by atoms with Gasteiger partial charge in [0.2, 0.25) is 11.6 Å². The van der Waals surface area contributed by atoms with E-state index in [2.05, 4.69) is 47.1 Å². The molecule has 11 rings (SSSR count). The number of rotatable bonds is 15. The summed E-state index contributed by atoms with van der Waals surface area (Å²) in [6.07, 6.45) is -4.79. The Bertz CT molecular complexity index is 4810. The molecule has 8 heterocycles. The molecule has 0 radical (unpaired) electrons. The molecule has 3 aromatic carbocycles. The first-order chi connectivity index (χ1) is 52.8. The van der Waals surface area contributed by atoms with Crippen LogP contribution in [-0.2, 0) is 68.5 Å². The van der Waals surface area contributed by atoms with Crippen molar-refractivity contribution in [3.05, 3.63) is 234 Å². The number of Topliss-reactive ketones (excluding diaryl/α,β-unsaturated/α-hetero) is 1. The minimum atomic E-state index is -4.69. The molecule has 0 saturated carbocycles. The molecule has 5 N–H and O–H groups in total. The first-order valence-electron chi connectivity index (χ1n) is 31.7. The molecule has 0 bridgehead atoms. The number of aromatic amines is 1. The van der Waals surface area contributed by atoms with Crippen LogP contribution in [0.15, 0.2) is 98.1 Å². The number of nitrogens with zero attached hydrogens (tertiary/aromatic N) is 17. The first kappa shape index (κ1) is 96.3. The molecule has 7 aromatic heterocycles. The Labute approximate surface area is 654 Å². The Balaban J connectivity index is 0.000000347. The number of nitrogens with one attached hydrogen (secondary N) is 1. The number of nitrogens with two attached hydrogens (primary N) is 1. The van der Waals surface area contributed by atoms with Crippen LogP contribution < -0.4 is 5.73 Å². The lowest BCUT2D eigenvalue weighted by atomic mass is 10.2. The number of hydrogen-bond acceptors (Lipinski definition) is 21. The van der Waals surface area contributed by atoms with Gasteiger partial charge in [0.15, 0.2) is 39.9 Å².